The SMILES string of the molecule is Cc1cc(C)cc(COc2ccc(/C=N/C3CCCCC3)cc2)c1. The molecule has 0 atom stereocenters. The first-order valence-electron chi connectivity index (χ1n) is 9.02. The maximum atomic E-state index is 5.91. The molecule has 0 amide bonds. The van der Waals surface area contributed by atoms with E-state index in [0.717, 1.165) is 11.3 Å². The van der Waals surface area contributed by atoms with Crippen LogP contribution in [-0.2, 0) is 6.61 Å². The van der Waals surface area contributed by atoms with E-state index in [4.69, 9.17) is 9.73 Å². The Hall–Kier alpha value is -2.09. The number of hydrogen-bond acceptors (Lipinski definition) is 2. The maximum Gasteiger partial charge on any atom is 0.119 e. The highest BCUT2D eigenvalue weighted by Crippen LogP contribution is 2.20. The first-order chi connectivity index (χ1) is 11.7. The molecular weight excluding hydrogens is 294 g/mol. The summed E-state index contributed by atoms with van der Waals surface area (Å²) in [7, 11) is 0. The molecule has 2 heteroatoms. The molecule has 2 aromatic rings. The summed E-state index contributed by atoms with van der Waals surface area (Å²) in [5.41, 5.74) is 4.93. The second-order valence-electron chi connectivity index (χ2n) is 6.92. The molecule has 0 saturated heterocycles. The monoisotopic (exact) mass is 321 g/mol. The van der Waals surface area contributed by atoms with E-state index in [1.54, 1.807) is 0 Å². The minimum absolute atomic E-state index is 0.527. The fourth-order valence-corrected chi connectivity index (χ4v) is 3.39. The minimum Gasteiger partial charge on any atom is -0.489 e. The lowest BCUT2D eigenvalue weighted by Crippen LogP contribution is -2.09. The minimum atomic E-state index is 0.527. The summed E-state index contributed by atoms with van der Waals surface area (Å²) in [5.74, 6) is 0.906. The number of rotatable bonds is 5. The van der Waals surface area contributed by atoms with Crippen LogP contribution in [0.5, 0.6) is 5.75 Å². The summed E-state index contributed by atoms with van der Waals surface area (Å²) in [6.07, 6.45) is 8.53. The summed E-state index contributed by atoms with van der Waals surface area (Å²) in [5, 5.41) is 0. The highest BCUT2D eigenvalue weighted by molar-refractivity contribution is 5.79. The summed E-state index contributed by atoms with van der Waals surface area (Å²) >= 11 is 0. The van der Waals surface area contributed by atoms with Gasteiger partial charge in [-0.1, -0.05) is 48.6 Å². The first kappa shape index (κ1) is 16.8. The predicted molar refractivity (Wildman–Crippen MR) is 101 cm³/mol. The Morgan fingerprint density at radius 2 is 1.62 bits per heavy atom. The van der Waals surface area contributed by atoms with Crippen molar-refractivity contribution in [2.24, 2.45) is 4.99 Å². The van der Waals surface area contributed by atoms with Gasteiger partial charge in [0, 0.05) is 12.3 Å². The Morgan fingerprint density at radius 1 is 0.958 bits per heavy atom. The van der Waals surface area contributed by atoms with Crippen molar-refractivity contribution in [3.8, 4) is 5.75 Å². The van der Waals surface area contributed by atoms with Crippen LogP contribution in [-0.4, -0.2) is 12.3 Å². The highest BCUT2D eigenvalue weighted by atomic mass is 16.5. The summed E-state index contributed by atoms with van der Waals surface area (Å²) in [6, 6.07) is 15.3. The van der Waals surface area contributed by atoms with E-state index >= 15 is 0 Å². The Bertz CT molecular complexity index is 661. The Balaban J connectivity index is 1.55. The number of nitrogens with zero attached hydrogens (tertiary/aromatic N) is 1. The normalized spacial score (nSPS) is 15.8. The molecule has 3 rings (SSSR count). The van der Waals surface area contributed by atoms with Crippen molar-refractivity contribution in [2.75, 3.05) is 0 Å². The van der Waals surface area contributed by atoms with Crippen LogP contribution in [0.2, 0.25) is 0 Å². The van der Waals surface area contributed by atoms with Crippen LogP contribution < -0.4 is 4.74 Å². The summed E-state index contributed by atoms with van der Waals surface area (Å²) in [4.78, 5) is 4.73. The van der Waals surface area contributed by atoms with Crippen molar-refractivity contribution in [3.05, 3.63) is 64.7 Å². The molecule has 0 bridgehead atoms. The van der Waals surface area contributed by atoms with Crippen LogP contribution in [0.4, 0.5) is 0 Å². The number of ether oxygens (including phenoxy) is 1. The smallest absolute Gasteiger partial charge is 0.119 e. The molecule has 1 fully saturated rings. The fourth-order valence-electron chi connectivity index (χ4n) is 3.39. The number of aliphatic imine (C=N–C) groups is 1. The van der Waals surface area contributed by atoms with E-state index in [2.05, 4.69) is 44.2 Å². The van der Waals surface area contributed by atoms with Crippen molar-refractivity contribution in [2.45, 2.75) is 58.6 Å². The van der Waals surface area contributed by atoms with Gasteiger partial charge in [-0.25, -0.2) is 0 Å². The van der Waals surface area contributed by atoms with Crippen molar-refractivity contribution in [1.82, 2.24) is 0 Å². The molecule has 0 aromatic heterocycles. The molecule has 1 aliphatic carbocycles. The van der Waals surface area contributed by atoms with Gasteiger partial charge < -0.3 is 4.74 Å². The van der Waals surface area contributed by atoms with Gasteiger partial charge in [0.1, 0.15) is 12.4 Å². The molecule has 2 aromatic carbocycles. The molecule has 0 radical (unpaired) electrons. The molecule has 126 valence electrons. The van der Waals surface area contributed by atoms with Gasteiger partial charge in [0.25, 0.3) is 0 Å². The third-order valence-electron chi connectivity index (χ3n) is 4.58. The highest BCUT2D eigenvalue weighted by Gasteiger charge is 2.10. The van der Waals surface area contributed by atoms with Gasteiger partial charge in [0.05, 0.1) is 0 Å². The Kier molecular flexibility index (Phi) is 5.68. The maximum absolute atomic E-state index is 5.91. The van der Waals surface area contributed by atoms with Gasteiger partial charge in [-0.3, -0.25) is 4.99 Å². The number of benzene rings is 2. The van der Waals surface area contributed by atoms with E-state index in [1.807, 2.05) is 18.3 Å². The second-order valence-corrected chi connectivity index (χ2v) is 6.92. The topological polar surface area (TPSA) is 21.6 Å². The zero-order valence-corrected chi connectivity index (χ0v) is 14.8. The van der Waals surface area contributed by atoms with Crippen LogP contribution in [0, 0.1) is 13.8 Å². The molecule has 0 heterocycles. The lowest BCUT2D eigenvalue weighted by Gasteiger charge is -2.17. The van der Waals surface area contributed by atoms with Crippen LogP contribution in [0.25, 0.3) is 0 Å². The standard InChI is InChI=1S/C22H27NO/c1-17-12-18(2)14-20(13-17)16-24-22-10-8-19(9-11-22)15-23-21-6-4-3-5-7-21/h8-15,21H,3-7,16H2,1-2H3/b23-15+. The molecule has 24 heavy (non-hydrogen) atoms. The van der Waals surface area contributed by atoms with E-state index in [1.165, 1.54) is 48.8 Å². The zero-order chi connectivity index (χ0) is 16.8. The van der Waals surface area contributed by atoms with Crippen molar-refractivity contribution in [3.63, 3.8) is 0 Å². The van der Waals surface area contributed by atoms with Gasteiger partial charge in [-0.2, -0.15) is 0 Å². The molecule has 0 N–H and O–H groups in total. The molecule has 2 nitrogen and oxygen atoms in total. The second kappa shape index (κ2) is 8.14. The lowest BCUT2D eigenvalue weighted by molar-refractivity contribution is 0.306. The van der Waals surface area contributed by atoms with Crippen molar-refractivity contribution in [1.29, 1.82) is 0 Å². The third kappa shape index (κ3) is 4.95. The molecule has 1 saturated carbocycles. The third-order valence-corrected chi connectivity index (χ3v) is 4.58. The largest absolute Gasteiger partial charge is 0.489 e. The molecule has 0 aliphatic heterocycles. The predicted octanol–water partition coefficient (Wildman–Crippen LogP) is 5.63. The van der Waals surface area contributed by atoms with E-state index in [0.29, 0.717) is 12.6 Å². The van der Waals surface area contributed by atoms with Gasteiger partial charge in [-0.15, -0.1) is 0 Å². The average Bonchev–Trinajstić information content (AvgIpc) is 2.59. The summed E-state index contributed by atoms with van der Waals surface area (Å²) in [6.45, 7) is 4.85. The van der Waals surface area contributed by atoms with E-state index in [9.17, 15) is 0 Å². The van der Waals surface area contributed by atoms with Crippen LogP contribution in [0.15, 0.2) is 47.5 Å². The quantitative estimate of drug-likeness (QED) is 0.654. The lowest BCUT2D eigenvalue weighted by atomic mass is 9.96. The van der Waals surface area contributed by atoms with Gasteiger partial charge in [-0.05, 0) is 62.1 Å². The van der Waals surface area contributed by atoms with E-state index in [-0.39, 0.29) is 0 Å². The Labute approximate surface area is 145 Å². The van der Waals surface area contributed by atoms with Crippen LogP contribution in [0.3, 0.4) is 0 Å². The van der Waals surface area contributed by atoms with Gasteiger partial charge in [0.2, 0.25) is 0 Å². The van der Waals surface area contributed by atoms with Crippen molar-refractivity contribution < 1.29 is 4.74 Å². The molecular formula is C22H27NO. The molecule has 1 aliphatic rings. The van der Waals surface area contributed by atoms with Gasteiger partial charge >= 0.3 is 0 Å². The van der Waals surface area contributed by atoms with Crippen LogP contribution in [0.1, 0.15) is 54.4 Å². The molecule has 0 unspecified atom stereocenters. The van der Waals surface area contributed by atoms with Crippen LogP contribution >= 0.6 is 0 Å². The first-order valence-corrected chi connectivity index (χ1v) is 9.02. The molecule has 0 spiro atoms. The average molecular weight is 321 g/mol. The van der Waals surface area contributed by atoms with Crippen molar-refractivity contribution >= 4 is 6.21 Å². The van der Waals surface area contributed by atoms with Gasteiger partial charge in [0.15, 0.2) is 0 Å². The van der Waals surface area contributed by atoms with E-state index < -0.39 is 0 Å². The zero-order valence-electron chi connectivity index (χ0n) is 14.8. The summed E-state index contributed by atoms with van der Waals surface area (Å²) < 4.78 is 5.91. The fraction of sp³-hybridized carbons (Fsp3) is 0.409. The number of hydrogen-bond donors (Lipinski definition) is 0. The Morgan fingerprint density at radius 3 is 2.29 bits per heavy atom. The number of aryl methyl sites for hydroxylation is 2.